The van der Waals surface area contributed by atoms with E-state index in [-0.39, 0.29) is 5.41 Å². The molecule has 15 heavy (non-hydrogen) atoms. The summed E-state index contributed by atoms with van der Waals surface area (Å²) in [4.78, 5) is 0. The quantitative estimate of drug-likeness (QED) is 0.752. The molecule has 0 heterocycles. The highest BCUT2D eigenvalue weighted by molar-refractivity contribution is 5.15. The number of aliphatic hydroxyl groups excluding tert-OH is 1. The van der Waals surface area contributed by atoms with E-state index in [2.05, 4.69) is 6.92 Å². The number of rotatable bonds is 3. The Hall–Kier alpha value is -0.0800. The Kier molecular flexibility index (Phi) is 3.09. The molecule has 0 bridgehead atoms. The average Bonchev–Trinajstić information content (AvgIpc) is 2.97. The van der Waals surface area contributed by atoms with Gasteiger partial charge < -0.3 is 10.8 Å². The first-order chi connectivity index (χ1) is 7.22. The van der Waals surface area contributed by atoms with Gasteiger partial charge in [-0.15, -0.1) is 0 Å². The van der Waals surface area contributed by atoms with Crippen molar-refractivity contribution in [2.45, 2.75) is 51.9 Å². The number of nitrogens with two attached hydrogens (primary N) is 1. The summed E-state index contributed by atoms with van der Waals surface area (Å²) in [5.74, 6) is 0.930. The molecule has 3 N–H and O–H groups in total. The monoisotopic (exact) mass is 211 g/mol. The SMILES string of the molecule is CCC1CCCC2(CC1)CC2(CN)CO. The van der Waals surface area contributed by atoms with Gasteiger partial charge in [0.1, 0.15) is 0 Å². The Morgan fingerprint density at radius 2 is 2.13 bits per heavy atom. The lowest BCUT2D eigenvalue weighted by atomic mass is 9.86. The zero-order valence-electron chi connectivity index (χ0n) is 9.97. The molecule has 3 atom stereocenters. The minimum Gasteiger partial charge on any atom is -0.396 e. The molecule has 1 spiro atoms. The molecule has 2 saturated carbocycles. The maximum absolute atomic E-state index is 9.51. The van der Waals surface area contributed by atoms with Gasteiger partial charge in [-0.05, 0) is 37.0 Å². The summed E-state index contributed by atoms with van der Waals surface area (Å²) < 4.78 is 0. The van der Waals surface area contributed by atoms with Crippen LogP contribution < -0.4 is 5.73 Å². The van der Waals surface area contributed by atoms with Crippen molar-refractivity contribution in [3.8, 4) is 0 Å². The van der Waals surface area contributed by atoms with E-state index < -0.39 is 0 Å². The van der Waals surface area contributed by atoms with Gasteiger partial charge in [-0.1, -0.05) is 26.2 Å². The van der Waals surface area contributed by atoms with Crippen molar-refractivity contribution in [3.63, 3.8) is 0 Å². The van der Waals surface area contributed by atoms with Gasteiger partial charge in [-0.25, -0.2) is 0 Å². The molecule has 2 rings (SSSR count). The standard InChI is InChI=1S/C13H25NO/c1-2-11-4-3-6-12(7-5-11)8-13(12,9-14)10-15/h11,15H,2-10,14H2,1H3. The Morgan fingerprint density at radius 1 is 1.33 bits per heavy atom. The molecule has 0 aliphatic heterocycles. The third-order valence-corrected chi connectivity index (χ3v) is 5.25. The van der Waals surface area contributed by atoms with Crippen LogP contribution in [0, 0.1) is 16.7 Å². The maximum Gasteiger partial charge on any atom is 0.0505 e. The topological polar surface area (TPSA) is 46.2 Å². The van der Waals surface area contributed by atoms with Crippen molar-refractivity contribution in [2.75, 3.05) is 13.2 Å². The van der Waals surface area contributed by atoms with Crippen molar-refractivity contribution >= 4 is 0 Å². The second-order valence-corrected chi connectivity index (χ2v) is 5.80. The summed E-state index contributed by atoms with van der Waals surface area (Å²) >= 11 is 0. The van der Waals surface area contributed by atoms with E-state index in [9.17, 15) is 5.11 Å². The highest BCUT2D eigenvalue weighted by Crippen LogP contribution is 2.69. The summed E-state index contributed by atoms with van der Waals surface area (Å²) in [6.07, 6.45) is 9.22. The van der Waals surface area contributed by atoms with E-state index in [0.29, 0.717) is 18.6 Å². The molecule has 2 nitrogen and oxygen atoms in total. The van der Waals surface area contributed by atoms with Crippen LogP contribution in [-0.4, -0.2) is 18.3 Å². The van der Waals surface area contributed by atoms with Crippen LogP contribution in [0.3, 0.4) is 0 Å². The minimum atomic E-state index is 0.107. The summed E-state index contributed by atoms with van der Waals surface area (Å²) in [6, 6.07) is 0. The lowest BCUT2D eigenvalue weighted by molar-refractivity contribution is 0.165. The zero-order valence-corrected chi connectivity index (χ0v) is 9.97. The molecule has 88 valence electrons. The van der Waals surface area contributed by atoms with E-state index in [1.807, 2.05) is 0 Å². The predicted octanol–water partition coefficient (Wildman–Crippen LogP) is 2.30. The first-order valence-corrected chi connectivity index (χ1v) is 6.53. The van der Waals surface area contributed by atoms with E-state index in [4.69, 9.17) is 5.73 Å². The molecule has 0 aromatic carbocycles. The highest BCUT2D eigenvalue weighted by Gasteiger charge is 2.64. The molecule has 0 amide bonds. The predicted molar refractivity (Wildman–Crippen MR) is 62.5 cm³/mol. The maximum atomic E-state index is 9.51. The van der Waals surface area contributed by atoms with Gasteiger partial charge in [0.15, 0.2) is 0 Å². The molecule has 2 fully saturated rings. The smallest absolute Gasteiger partial charge is 0.0505 e. The summed E-state index contributed by atoms with van der Waals surface area (Å²) in [7, 11) is 0. The molecule has 2 heteroatoms. The molecule has 0 aromatic heterocycles. The van der Waals surface area contributed by atoms with Gasteiger partial charge >= 0.3 is 0 Å². The highest BCUT2D eigenvalue weighted by atomic mass is 16.3. The van der Waals surface area contributed by atoms with E-state index in [1.165, 1.54) is 44.9 Å². The summed E-state index contributed by atoms with van der Waals surface area (Å²) in [5.41, 5.74) is 6.38. The Bertz CT molecular complexity index is 225. The molecular weight excluding hydrogens is 186 g/mol. The third-order valence-electron chi connectivity index (χ3n) is 5.25. The fourth-order valence-electron chi connectivity index (χ4n) is 3.77. The number of aliphatic hydroxyl groups is 1. The van der Waals surface area contributed by atoms with E-state index >= 15 is 0 Å². The number of hydrogen-bond acceptors (Lipinski definition) is 2. The second kappa shape index (κ2) is 4.06. The Balaban J connectivity index is 2.00. The van der Waals surface area contributed by atoms with Crippen molar-refractivity contribution < 1.29 is 5.11 Å². The Morgan fingerprint density at radius 3 is 2.67 bits per heavy atom. The average molecular weight is 211 g/mol. The summed E-state index contributed by atoms with van der Waals surface area (Å²) in [6.45, 7) is 3.29. The van der Waals surface area contributed by atoms with Crippen molar-refractivity contribution in [3.05, 3.63) is 0 Å². The minimum absolute atomic E-state index is 0.107. The molecule has 0 saturated heterocycles. The molecule has 0 radical (unpaired) electrons. The van der Waals surface area contributed by atoms with Crippen LogP contribution in [0.5, 0.6) is 0 Å². The number of hydrogen-bond donors (Lipinski definition) is 2. The molecule has 0 aromatic rings. The fraction of sp³-hybridized carbons (Fsp3) is 1.00. The van der Waals surface area contributed by atoms with Gasteiger partial charge in [-0.3, -0.25) is 0 Å². The van der Waals surface area contributed by atoms with Crippen LogP contribution in [-0.2, 0) is 0 Å². The largest absolute Gasteiger partial charge is 0.396 e. The third kappa shape index (κ3) is 1.72. The first kappa shape index (κ1) is 11.4. The fourth-order valence-corrected chi connectivity index (χ4v) is 3.77. The van der Waals surface area contributed by atoms with Gasteiger partial charge in [0.05, 0.1) is 6.61 Å². The van der Waals surface area contributed by atoms with Crippen molar-refractivity contribution in [1.29, 1.82) is 0 Å². The van der Waals surface area contributed by atoms with Crippen LogP contribution in [0.15, 0.2) is 0 Å². The zero-order chi connectivity index (χ0) is 10.9. The van der Waals surface area contributed by atoms with Crippen LogP contribution in [0.4, 0.5) is 0 Å². The first-order valence-electron chi connectivity index (χ1n) is 6.53. The second-order valence-electron chi connectivity index (χ2n) is 5.80. The van der Waals surface area contributed by atoms with Gasteiger partial charge in [0.25, 0.3) is 0 Å². The molecule has 3 unspecified atom stereocenters. The van der Waals surface area contributed by atoms with Gasteiger partial charge in [-0.2, -0.15) is 0 Å². The van der Waals surface area contributed by atoms with Crippen LogP contribution in [0.25, 0.3) is 0 Å². The van der Waals surface area contributed by atoms with Crippen molar-refractivity contribution in [1.82, 2.24) is 0 Å². The van der Waals surface area contributed by atoms with E-state index in [0.717, 1.165) is 5.92 Å². The van der Waals surface area contributed by atoms with Crippen molar-refractivity contribution in [2.24, 2.45) is 22.5 Å². The molecule has 2 aliphatic rings. The Labute approximate surface area is 93.2 Å². The summed E-state index contributed by atoms with van der Waals surface area (Å²) in [5, 5.41) is 9.51. The van der Waals surface area contributed by atoms with Crippen LogP contribution in [0.2, 0.25) is 0 Å². The van der Waals surface area contributed by atoms with Gasteiger partial charge in [0, 0.05) is 12.0 Å². The normalized spacial score (nSPS) is 45.4. The molecular formula is C13H25NO. The lowest BCUT2D eigenvalue weighted by Crippen LogP contribution is -2.27. The molecule has 2 aliphatic carbocycles. The van der Waals surface area contributed by atoms with Crippen LogP contribution >= 0.6 is 0 Å². The van der Waals surface area contributed by atoms with Crippen LogP contribution in [0.1, 0.15) is 51.9 Å². The lowest BCUT2D eigenvalue weighted by Gasteiger charge is -2.21. The van der Waals surface area contributed by atoms with E-state index in [1.54, 1.807) is 0 Å². The van der Waals surface area contributed by atoms with Gasteiger partial charge in [0.2, 0.25) is 0 Å².